The van der Waals surface area contributed by atoms with Crippen LogP contribution in [-0.2, 0) is 9.53 Å². The molecule has 2 aliphatic heterocycles. The zero-order valence-corrected chi connectivity index (χ0v) is 16.7. The molecule has 2 heterocycles. The molecule has 2 aromatic rings. The Labute approximate surface area is 173 Å². The van der Waals surface area contributed by atoms with Gasteiger partial charge in [-0.05, 0) is 23.8 Å². The number of methoxy groups -OCH3 is 1. The maximum Gasteiger partial charge on any atom is 0.322 e. The fourth-order valence-electron chi connectivity index (χ4n) is 4.35. The number of amides is 3. The van der Waals surface area contributed by atoms with E-state index >= 15 is 0 Å². The number of urea groups is 1. The Kier molecular flexibility index (Phi) is 5.45. The summed E-state index contributed by atoms with van der Waals surface area (Å²) in [5.74, 6) is -0.211. The van der Waals surface area contributed by atoms with Crippen molar-refractivity contribution >= 4 is 34.9 Å². The van der Waals surface area contributed by atoms with Gasteiger partial charge in [-0.2, -0.15) is 0 Å². The molecule has 0 aromatic heterocycles. The number of hydrogen-bond donors (Lipinski definition) is 2. The van der Waals surface area contributed by atoms with Crippen molar-refractivity contribution in [2.24, 2.45) is 0 Å². The Balaban J connectivity index is 1.63. The minimum Gasteiger partial charge on any atom is -0.394 e. The molecule has 0 radical (unpaired) electrons. The Bertz CT molecular complexity index is 938. The van der Waals surface area contributed by atoms with Crippen LogP contribution >= 0.6 is 11.6 Å². The van der Waals surface area contributed by atoms with E-state index in [9.17, 15) is 14.7 Å². The van der Waals surface area contributed by atoms with E-state index in [2.05, 4.69) is 5.32 Å². The second-order valence-corrected chi connectivity index (χ2v) is 7.56. The molecule has 152 valence electrons. The van der Waals surface area contributed by atoms with Crippen molar-refractivity contribution in [3.05, 3.63) is 59.1 Å². The molecular weight excluding hydrogens is 394 g/mol. The van der Waals surface area contributed by atoms with Crippen molar-refractivity contribution in [2.75, 3.05) is 37.1 Å². The van der Waals surface area contributed by atoms with Crippen molar-refractivity contribution in [1.29, 1.82) is 0 Å². The standard InChI is InChI=1S/C21H22ClN3O4/c1-29-12-19(27)24-10-17-20(13-6-2-5-9-16(13)24)18(11-26)25(17)21(28)23-15-8-4-3-7-14(15)22/h2-9,17-18,20,26H,10-12H2,1H3,(H,23,28)/t17-,18-,20+/m0/s1. The van der Waals surface area contributed by atoms with Gasteiger partial charge in [0.1, 0.15) is 6.61 Å². The zero-order valence-electron chi connectivity index (χ0n) is 15.9. The lowest BCUT2D eigenvalue weighted by Gasteiger charge is -2.58. The summed E-state index contributed by atoms with van der Waals surface area (Å²) in [4.78, 5) is 28.9. The van der Waals surface area contributed by atoms with Crippen LogP contribution in [-0.4, -0.2) is 60.9 Å². The Morgan fingerprint density at radius 2 is 1.93 bits per heavy atom. The maximum absolute atomic E-state index is 13.0. The molecule has 1 fully saturated rings. The van der Waals surface area contributed by atoms with Gasteiger partial charge in [-0.1, -0.05) is 41.9 Å². The summed E-state index contributed by atoms with van der Waals surface area (Å²) in [6.07, 6.45) is 0. The first kappa shape index (κ1) is 19.7. The zero-order chi connectivity index (χ0) is 20.5. The van der Waals surface area contributed by atoms with Crippen LogP contribution in [0.5, 0.6) is 0 Å². The second kappa shape index (κ2) is 8.02. The molecule has 3 atom stereocenters. The molecule has 29 heavy (non-hydrogen) atoms. The van der Waals surface area contributed by atoms with Crippen LogP contribution in [0.3, 0.4) is 0 Å². The molecule has 2 N–H and O–H groups in total. The molecule has 7 nitrogen and oxygen atoms in total. The summed E-state index contributed by atoms with van der Waals surface area (Å²) in [7, 11) is 1.48. The van der Waals surface area contributed by atoms with Gasteiger partial charge in [0.2, 0.25) is 0 Å². The molecule has 0 aliphatic carbocycles. The number of hydrogen-bond acceptors (Lipinski definition) is 4. The third-order valence-electron chi connectivity index (χ3n) is 5.61. The summed E-state index contributed by atoms with van der Waals surface area (Å²) >= 11 is 6.16. The molecule has 8 heteroatoms. The van der Waals surface area contributed by atoms with Crippen LogP contribution in [0.4, 0.5) is 16.2 Å². The maximum atomic E-state index is 13.0. The quantitative estimate of drug-likeness (QED) is 0.804. The normalized spacial score (nSPS) is 22.4. The minimum atomic E-state index is -0.372. The number of likely N-dealkylation sites (tertiary alicyclic amines) is 1. The number of carbonyl (C=O) groups is 2. The molecule has 4 rings (SSSR count). The van der Waals surface area contributed by atoms with Gasteiger partial charge in [-0.25, -0.2) is 4.79 Å². The van der Waals surface area contributed by atoms with Gasteiger partial charge in [0.05, 0.1) is 29.4 Å². The lowest BCUT2D eigenvalue weighted by molar-refractivity contribution is -0.123. The molecule has 0 spiro atoms. The van der Waals surface area contributed by atoms with Crippen molar-refractivity contribution in [1.82, 2.24) is 4.90 Å². The first-order valence-corrected chi connectivity index (χ1v) is 9.77. The number of aliphatic hydroxyl groups is 1. The van der Waals surface area contributed by atoms with E-state index in [1.54, 1.807) is 34.1 Å². The topological polar surface area (TPSA) is 82.1 Å². The summed E-state index contributed by atoms with van der Waals surface area (Å²) in [5.41, 5.74) is 2.26. The highest BCUT2D eigenvalue weighted by molar-refractivity contribution is 6.33. The summed E-state index contributed by atoms with van der Waals surface area (Å²) in [5, 5.41) is 13.3. The number of benzene rings is 2. The average molecular weight is 416 g/mol. The Hall–Kier alpha value is -2.61. The van der Waals surface area contributed by atoms with Gasteiger partial charge in [-0.15, -0.1) is 0 Å². The lowest BCUT2D eigenvalue weighted by atomic mass is 9.72. The lowest BCUT2D eigenvalue weighted by Crippen LogP contribution is -2.71. The number of anilines is 2. The number of nitrogens with one attached hydrogen (secondary N) is 1. The number of aliphatic hydroxyl groups excluding tert-OH is 1. The Morgan fingerprint density at radius 1 is 1.21 bits per heavy atom. The van der Waals surface area contributed by atoms with Gasteiger partial charge in [-0.3, -0.25) is 4.79 Å². The van der Waals surface area contributed by atoms with Crippen molar-refractivity contribution in [2.45, 2.75) is 18.0 Å². The van der Waals surface area contributed by atoms with Crippen LogP contribution in [0.2, 0.25) is 5.02 Å². The molecule has 0 unspecified atom stereocenters. The van der Waals surface area contributed by atoms with E-state index in [0.29, 0.717) is 17.3 Å². The predicted molar refractivity (Wildman–Crippen MR) is 110 cm³/mol. The summed E-state index contributed by atoms with van der Waals surface area (Å²) in [6, 6.07) is 13.6. The molecular formula is C21H22ClN3O4. The SMILES string of the molecule is COCC(=O)N1C[C@H]2[C@@H](c3ccccc31)[C@H](CO)N2C(=O)Nc1ccccc1Cl. The van der Waals surface area contributed by atoms with E-state index in [1.807, 2.05) is 24.3 Å². The number of para-hydroxylation sites is 2. The van der Waals surface area contributed by atoms with E-state index < -0.39 is 0 Å². The van der Waals surface area contributed by atoms with Gasteiger partial charge < -0.3 is 25.0 Å². The van der Waals surface area contributed by atoms with E-state index in [4.69, 9.17) is 16.3 Å². The monoisotopic (exact) mass is 415 g/mol. The molecule has 2 aromatic carbocycles. The van der Waals surface area contributed by atoms with Crippen LogP contribution in [0.25, 0.3) is 0 Å². The molecule has 3 amide bonds. The molecule has 2 aliphatic rings. The highest BCUT2D eigenvalue weighted by atomic mass is 35.5. The number of nitrogens with zero attached hydrogens (tertiary/aromatic N) is 2. The third kappa shape index (κ3) is 3.35. The molecule has 0 bridgehead atoms. The van der Waals surface area contributed by atoms with E-state index in [0.717, 1.165) is 11.3 Å². The number of ether oxygens (including phenoxy) is 1. The Morgan fingerprint density at radius 3 is 2.66 bits per heavy atom. The highest BCUT2D eigenvalue weighted by Gasteiger charge is 2.55. The number of rotatable bonds is 4. The fraction of sp³-hybridized carbons (Fsp3) is 0.333. The summed E-state index contributed by atoms with van der Waals surface area (Å²) < 4.78 is 5.02. The number of carbonyl (C=O) groups excluding carboxylic acids is 2. The van der Waals surface area contributed by atoms with Crippen LogP contribution in [0, 0.1) is 0 Å². The summed E-state index contributed by atoms with van der Waals surface area (Å²) in [6.45, 7) is 0.134. The van der Waals surface area contributed by atoms with Gasteiger partial charge in [0, 0.05) is 25.3 Å². The van der Waals surface area contributed by atoms with Crippen molar-refractivity contribution in [3.8, 4) is 0 Å². The first-order chi connectivity index (χ1) is 14.1. The van der Waals surface area contributed by atoms with Gasteiger partial charge in [0.15, 0.2) is 0 Å². The van der Waals surface area contributed by atoms with Crippen molar-refractivity contribution < 1.29 is 19.4 Å². The largest absolute Gasteiger partial charge is 0.394 e. The molecule has 1 saturated heterocycles. The van der Waals surface area contributed by atoms with E-state index in [1.165, 1.54) is 7.11 Å². The number of fused-ring (bicyclic) bond motifs is 3. The first-order valence-electron chi connectivity index (χ1n) is 9.39. The number of halogens is 1. The van der Waals surface area contributed by atoms with Gasteiger partial charge >= 0.3 is 6.03 Å². The van der Waals surface area contributed by atoms with Crippen molar-refractivity contribution in [3.63, 3.8) is 0 Å². The smallest absolute Gasteiger partial charge is 0.322 e. The van der Waals surface area contributed by atoms with Crippen LogP contribution in [0.15, 0.2) is 48.5 Å². The van der Waals surface area contributed by atoms with E-state index in [-0.39, 0.29) is 43.2 Å². The minimum absolute atomic E-state index is 0.0407. The molecule has 0 saturated carbocycles. The third-order valence-corrected chi connectivity index (χ3v) is 5.94. The second-order valence-electron chi connectivity index (χ2n) is 7.16. The van der Waals surface area contributed by atoms with Crippen LogP contribution in [0.1, 0.15) is 11.5 Å². The predicted octanol–water partition coefficient (Wildman–Crippen LogP) is 2.69. The van der Waals surface area contributed by atoms with Gasteiger partial charge in [0.25, 0.3) is 5.91 Å². The van der Waals surface area contributed by atoms with Crippen LogP contribution < -0.4 is 10.2 Å². The highest BCUT2D eigenvalue weighted by Crippen LogP contribution is 2.48. The average Bonchev–Trinajstić information content (AvgIpc) is 2.70. The fourth-order valence-corrected chi connectivity index (χ4v) is 4.53.